The van der Waals surface area contributed by atoms with Crippen molar-refractivity contribution in [1.82, 2.24) is 14.7 Å². The minimum atomic E-state index is -0.181. The van der Waals surface area contributed by atoms with Gasteiger partial charge in [0.1, 0.15) is 6.61 Å². The highest BCUT2D eigenvalue weighted by Crippen LogP contribution is 2.51. The number of hydrogen-bond acceptors (Lipinski definition) is 7. The maximum Gasteiger partial charge on any atom is 0.224 e. The normalized spacial score (nSPS) is 33.5. The van der Waals surface area contributed by atoms with Gasteiger partial charge in [0.15, 0.2) is 5.82 Å². The molecule has 1 saturated carbocycles. The summed E-state index contributed by atoms with van der Waals surface area (Å²) in [6.07, 6.45) is 0.927. The summed E-state index contributed by atoms with van der Waals surface area (Å²) in [6, 6.07) is 0.127. The molecule has 2 aliphatic heterocycles. The summed E-state index contributed by atoms with van der Waals surface area (Å²) >= 11 is 1.40. The van der Waals surface area contributed by atoms with Crippen molar-refractivity contribution in [3.05, 3.63) is 5.82 Å². The third-order valence-corrected chi connectivity index (χ3v) is 6.50. The summed E-state index contributed by atoms with van der Waals surface area (Å²) in [4.78, 5) is 19.4. The molecule has 1 amide bonds. The van der Waals surface area contributed by atoms with Crippen LogP contribution in [0.4, 0.5) is 5.13 Å². The molecule has 1 aromatic heterocycles. The molecule has 3 fully saturated rings. The van der Waals surface area contributed by atoms with Gasteiger partial charge in [-0.2, -0.15) is 4.37 Å². The zero-order valence-electron chi connectivity index (χ0n) is 14.3. The SMILES string of the molecule is COCc1nsc(N2CCC(NC(=O)C3[C@H]4COC[C@@H]34)C2(C)C)n1. The zero-order valence-corrected chi connectivity index (χ0v) is 15.1. The largest absolute Gasteiger partial charge is 0.381 e. The van der Waals surface area contributed by atoms with Gasteiger partial charge in [-0.1, -0.05) is 0 Å². The molecule has 0 bridgehead atoms. The highest BCUT2D eigenvalue weighted by molar-refractivity contribution is 7.09. The molecule has 132 valence electrons. The highest BCUT2D eigenvalue weighted by Gasteiger charge is 2.58. The minimum Gasteiger partial charge on any atom is -0.381 e. The maximum atomic E-state index is 12.6. The molecule has 24 heavy (non-hydrogen) atoms. The number of ether oxygens (including phenoxy) is 2. The summed E-state index contributed by atoms with van der Waals surface area (Å²) in [5, 5.41) is 4.19. The lowest BCUT2D eigenvalue weighted by atomic mass is 9.95. The van der Waals surface area contributed by atoms with Gasteiger partial charge in [-0.15, -0.1) is 0 Å². The van der Waals surface area contributed by atoms with Crippen molar-refractivity contribution in [2.24, 2.45) is 17.8 Å². The van der Waals surface area contributed by atoms with Gasteiger partial charge in [-0.25, -0.2) is 4.98 Å². The summed E-state index contributed by atoms with van der Waals surface area (Å²) < 4.78 is 14.8. The van der Waals surface area contributed by atoms with E-state index in [0.717, 1.165) is 31.3 Å². The Balaban J connectivity index is 1.41. The average molecular weight is 352 g/mol. The Kier molecular flexibility index (Phi) is 4.01. The molecule has 1 N–H and O–H groups in total. The molecule has 0 radical (unpaired) electrons. The van der Waals surface area contributed by atoms with Crippen molar-refractivity contribution < 1.29 is 14.3 Å². The Morgan fingerprint density at radius 3 is 2.92 bits per heavy atom. The first-order valence-corrected chi connectivity index (χ1v) is 9.27. The van der Waals surface area contributed by atoms with E-state index in [1.807, 2.05) is 0 Å². The standard InChI is InChI=1S/C16H24N4O3S/c1-16(2)11(17-14(21)13-9-6-23-7-10(9)13)4-5-20(16)15-18-12(8-22-3)19-24-15/h9-11,13H,4-8H2,1-3H3,(H,17,21)/t9-,10+,11?,13?. The number of carbonyl (C=O) groups excluding carboxylic acids is 1. The fraction of sp³-hybridized carbons (Fsp3) is 0.812. The molecule has 4 rings (SSSR count). The second kappa shape index (κ2) is 5.93. The third-order valence-electron chi connectivity index (χ3n) is 5.72. The molecule has 3 aliphatic rings. The van der Waals surface area contributed by atoms with Gasteiger partial charge in [0.25, 0.3) is 0 Å². The number of fused-ring (bicyclic) bond motifs is 1. The number of amides is 1. The van der Waals surface area contributed by atoms with Crippen LogP contribution < -0.4 is 10.2 Å². The number of rotatable bonds is 5. The molecule has 3 heterocycles. The van der Waals surface area contributed by atoms with Crippen molar-refractivity contribution >= 4 is 22.6 Å². The zero-order chi connectivity index (χ0) is 16.9. The number of nitrogens with one attached hydrogen (secondary N) is 1. The summed E-state index contributed by atoms with van der Waals surface area (Å²) in [7, 11) is 1.64. The highest BCUT2D eigenvalue weighted by atomic mass is 32.1. The van der Waals surface area contributed by atoms with Crippen LogP contribution in [0.3, 0.4) is 0 Å². The number of hydrogen-bond donors (Lipinski definition) is 1. The fourth-order valence-corrected chi connectivity index (χ4v) is 4.97. The average Bonchev–Trinajstić information content (AvgIpc) is 2.93. The number of aromatic nitrogens is 2. The summed E-state index contributed by atoms with van der Waals surface area (Å²) in [5.74, 6) is 1.98. The Bertz CT molecular complexity index is 625. The molecule has 1 aromatic rings. The van der Waals surface area contributed by atoms with E-state index < -0.39 is 0 Å². The molecular weight excluding hydrogens is 328 g/mol. The van der Waals surface area contributed by atoms with Gasteiger partial charge in [-0.05, 0) is 32.1 Å². The Morgan fingerprint density at radius 1 is 1.46 bits per heavy atom. The van der Waals surface area contributed by atoms with Crippen LogP contribution in [0, 0.1) is 17.8 Å². The quantitative estimate of drug-likeness (QED) is 0.854. The van der Waals surface area contributed by atoms with E-state index in [1.54, 1.807) is 7.11 Å². The van der Waals surface area contributed by atoms with E-state index in [2.05, 4.69) is 33.4 Å². The lowest BCUT2D eigenvalue weighted by molar-refractivity contribution is -0.124. The van der Waals surface area contributed by atoms with Gasteiger partial charge in [0, 0.05) is 31.1 Å². The van der Waals surface area contributed by atoms with Crippen LogP contribution in [0.15, 0.2) is 0 Å². The number of anilines is 1. The Hall–Kier alpha value is -1.25. The number of methoxy groups -OCH3 is 1. The monoisotopic (exact) mass is 352 g/mol. The van der Waals surface area contributed by atoms with Crippen LogP contribution in [0.5, 0.6) is 0 Å². The van der Waals surface area contributed by atoms with Crippen molar-refractivity contribution in [2.45, 2.75) is 38.5 Å². The van der Waals surface area contributed by atoms with Gasteiger partial charge in [0.05, 0.1) is 24.8 Å². The van der Waals surface area contributed by atoms with E-state index in [1.165, 1.54) is 11.5 Å². The summed E-state index contributed by atoms with van der Waals surface area (Å²) in [6.45, 7) is 7.13. The predicted molar refractivity (Wildman–Crippen MR) is 89.9 cm³/mol. The van der Waals surface area contributed by atoms with Crippen LogP contribution in [-0.2, 0) is 20.9 Å². The van der Waals surface area contributed by atoms with Gasteiger partial charge >= 0.3 is 0 Å². The van der Waals surface area contributed by atoms with E-state index >= 15 is 0 Å². The molecule has 0 spiro atoms. The smallest absolute Gasteiger partial charge is 0.224 e. The van der Waals surface area contributed by atoms with Crippen LogP contribution in [0.25, 0.3) is 0 Å². The molecular formula is C16H24N4O3S. The lowest BCUT2D eigenvalue weighted by Crippen LogP contribution is -2.53. The molecule has 1 aliphatic carbocycles. The number of nitrogens with zero attached hydrogens (tertiary/aromatic N) is 3. The van der Waals surface area contributed by atoms with Crippen molar-refractivity contribution in [3.63, 3.8) is 0 Å². The molecule has 2 saturated heterocycles. The van der Waals surface area contributed by atoms with Gasteiger partial charge < -0.3 is 19.7 Å². The second-order valence-corrected chi connectivity index (χ2v) is 8.20. The second-order valence-electron chi connectivity index (χ2n) is 7.47. The Morgan fingerprint density at radius 2 is 2.21 bits per heavy atom. The third kappa shape index (κ3) is 2.60. The molecule has 7 nitrogen and oxygen atoms in total. The van der Waals surface area contributed by atoms with Crippen LogP contribution in [0.2, 0.25) is 0 Å². The molecule has 4 atom stereocenters. The van der Waals surface area contributed by atoms with Crippen LogP contribution in [-0.4, -0.2) is 53.7 Å². The minimum absolute atomic E-state index is 0.127. The Labute approximate surface area is 145 Å². The fourth-order valence-electron chi connectivity index (χ4n) is 4.12. The predicted octanol–water partition coefficient (Wildman–Crippen LogP) is 1.05. The topological polar surface area (TPSA) is 76.6 Å². The maximum absolute atomic E-state index is 12.6. The lowest BCUT2D eigenvalue weighted by Gasteiger charge is -2.36. The first-order chi connectivity index (χ1) is 11.5. The van der Waals surface area contributed by atoms with Crippen molar-refractivity contribution in [3.8, 4) is 0 Å². The van der Waals surface area contributed by atoms with E-state index in [0.29, 0.717) is 24.3 Å². The van der Waals surface area contributed by atoms with Crippen LogP contribution >= 0.6 is 11.5 Å². The van der Waals surface area contributed by atoms with Crippen molar-refractivity contribution in [1.29, 1.82) is 0 Å². The van der Waals surface area contributed by atoms with Crippen LogP contribution in [0.1, 0.15) is 26.1 Å². The van der Waals surface area contributed by atoms with E-state index in [9.17, 15) is 4.79 Å². The molecule has 8 heteroatoms. The number of carbonyl (C=O) groups is 1. The van der Waals surface area contributed by atoms with E-state index in [4.69, 9.17) is 9.47 Å². The summed E-state index contributed by atoms with van der Waals surface area (Å²) in [5.41, 5.74) is -0.181. The first-order valence-electron chi connectivity index (χ1n) is 8.49. The van der Waals surface area contributed by atoms with Gasteiger partial charge in [-0.3, -0.25) is 4.79 Å². The van der Waals surface area contributed by atoms with E-state index in [-0.39, 0.29) is 23.4 Å². The van der Waals surface area contributed by atoms with Gasteiger partial charge in [0.2, 0.25) is 11.0 Å². The molecule has 0 aromatic carbocycles. The first kappa shape index (κ1) is 16.2. The molecule has 2 unspecified atom stereocenters. The van der Waals surface area contributed by atoms with Crippen molar-refractivity contribution in [2.75, 3.05) is 31.8 Å².